The van der Waals surface area contributed by atoms with Gasteiger partial charge in [-0.1, -0.05) is 54.1 Å². The number of para-hydroxylation sites is 1. The van der Waals surface area contributed by atoms with E-state index in [-0.39, 0.29) is 5.91 Å². The molecule has 0 unspecified atom stereocenters. The number of halogens is 1. The second-order valence-corrected chi connectivity index (χ2v) is 6.62. The zero-order chi connectivity index (χ0) is 19.3. The Kier molecular flexibility index (Phi) is 5.17. The fraction of sp³-hybridized carbons (Fsp3) is 0.0455. The van der Waals surface area contributed by atoms with Crippen molar-refractivity contribution in [3.63, 3.8) is 0 Å². The van der Waals surface area contributed by atoms with Gasteiger partial charge in [-0.25, -0.2) is 4.68 Å². The molecule has 28 heavy (non-hydrogen) atoms. The maximum Gasteiger partial charge on any atom is 0.249 e. The number of carbonyl (C=O) groups excluding carboxylic acids is 1. The topological polar surface area (TPSA) is 59.8 Å². The summed E-state index contributed by atoms with van der Waals surface area (Å²) in [4.78, 5) is 16.8. The number of benzene rings is 2. The second-order valence-electron chi connectivity index (χ2n) is 6.21. The highest BCUT2D eigenvalue weighted by Gasteiger charge is 2.08. The molecule has 138 valence electrons. The van der Waals surface area contributed by atoms with Gasteiger partial charge < -0.3 is 5.32 Å². The number of nitrogens with zero attached hydrogens (tertiary/aromatic N) is 3. The quantitative estimate of drug-likeness (QED) is 0.500. The summed E-state index contributed by atoms with van der Waals surface area (Å²) in [6.07, 6.45) is 6.65. The highest BCUT2D eigenvalue weighted by Crippen LogP contribution is 2.19. The van der Waals surface area contributed by atoms with Crippen molar-refractivity contribution in [1.82, 2.24) is 14.8 Å². The van der Waals surface area contributed by atoms with Crippen molar-refractivity contribution in [2.45, 2.75) is 6.54 Å². The molecule has 1 amide bonds. The van der Waals surface area contributed by atoms with Crippen LogP contribution < -0.4 is 5.32 Å². The summed E-state index contributed by atoms with van der Waals surface area (Å²) in [5.41, 5.74) is 2.68. The van der Waals surface area contributed by atoms with Crippen LogP contribution >= 0.6 is 11.6 Å². The first-order valence-corrected chi connectivity index (χ1v) is 9.16. The predicted molar refractivity (Wildman–Crippen MR) is 112 cm³/mol. The van der Waals surface area contributed by atoms with E-state index in [1.807, 2.05) is 54.6 Å². The van der Waals surface area contributed by atoms with E-state index in [1.165, 1.54) is 6.08 Å². The normalized spacial score (nSPS) is 11.2. The number of hydrogen-bond acceptors (Lipinski definition) is 3. The van der Waals surface area contributed by atoms with Crippen LogP contribution in [0.15, 0.2) is 79.1 Å². The maximum atomic E-state index is 12.4. The minimum Gasteiger partial charge on any atom is -0.307 e. The van der Waals surface area contributed by atoms with Gasteiger partial charge in [0.15, 0.2) is 0 Å². The zero-order valence-corrected chi connectivity index (χ0v) is 15.7. The third-order valence-electron chi connectivity index (χ3n) is 4.32. The molecule has 4 aromatic rings. The van der Waals surface area contributed by atoms with E-state index < -0.39 is 0 Å². The van der Waals surface area contributed by atoms with Crippen molar-refractivity contribution < 1.29 is 4.79 Å². The van der Waals surface area contributed by atoms with Gasteiger partial charge in [0.05, 0.1) is 18.3 Å². The first-order chi connectivity index (χ1) is 13.7. The number of amides is 1. The number of fused-ring (bicyclic) bond motifs is 1. The van der Waals surface area contributed by atoms with E-state index in [1.54, 1.807) is 29.2 Å². The average Bonchev–Trinajstić information content (AvgIpc) is 3.14. The van der Waals surface area contributed by atoms with Crippen LogP contribution in [-0.4, -0.2) is 20.7 Å². The number of pyridine rings is 1. The summed E-state index contributed by atoms with van der Waals surface area (Å²) < 4.78 is 1.70. The molecule has 0 saturated carbocycles. The van der Waals surface area contributed by atoms with Crippen LogP contribution in [0, 0.1) is 0 Å². The van der Waals surface area contributed by atoms with Crippen molar-refractivity contribution >= 4 is 40.3 Å². The Morgan fingerprint density at radius 1 is 1.04 bits per heavy atom. The molecule has 6 heteroatoms. The molecular weight excluding hydrogens is 372 g/mol. The zero-order valence-electron chi connectivity index (χ0n) is 14.9. The van der Waals surface area contributed by atoms with Gasteiger partial charge in [-0.05, 0) is 23.8 Å². The van der Waals surface area contributed by atoms with Gasteiger partial charge in [0.25, 0.3) is 0 Å². The minimum atomic E-state index is -0.242. The van der Waals surface area contributed by atoms with Crippen molar-refractivity contribution in [2.75, 3.05) is 5.32 Å². The first kappa shape index (κ1) is 17.9. The standard InChI is InChI=1S/C22H17ClN4O/c23-19-9-2-1-5-18(19)15-27-20(12-14-25-27)26-21(28)11-10-17-7-3-6-16-8-4-13-24-22(16)17/h1-14H,15H2,(H,26,28)/b11-10+. The SMILES string of the molecule is O=C(/C=C/c1cccc2cccnc12)Nc1ccnn1Cc1ccccc1Cl. The molecule has 0 atom stereocenters. The van der Waals surface area contributed by atoms with Crippen molar-refractivity contribution in [3.8, 4) is 0 Å². The predicted octanol–water partition coefficient (Wildman–Crippen LogP) is 4.78. The van der Waals surface area contributed by atoms with Crippen LogP contribution in [-0.2, 0) is 11.3 Å². The number of carbonyl (C=O) groups is 1. The van der Waals surface area contributed by atoms with Gasteiger partial charge in [0.2, 0.25) is 5.91 Å². The molecule has 0 aliphatic rings. The summed E-state index contributed by atoms with van der Waals surface area (Å²) in [7, 11) is 0. The molecule has 4 rings (SSSR count). The van der Waals surface area contributed by atoms with Gasteiger partial charge in [-0.15, -0.1) is 0 Å². The fourth-order valence-electron chi connectivity index (χ4n) is 2.95. The Labute approximate surface area is 167 Å². The van der Waals surface area contributed by atoms with E-state index in [4.69, 9.17) is 11.6 Å². The molecule has 0 aliphatic carbocycles. The van der Waals surface area contributed by atoms with Crippen LogP contribution in [0.2, 0.25) is 5.02 Å². The van der Waals surface area contributed by atoms with Gasteiger partial charge in [-0.2, -0.15) is 5.10 Å². The van der Waals surface area contributed by atoms with Crippen LogP contribution in [0.1, 0.15) is 11.1 Å². The first-order valence-electron chi connectivity index (χ1n) is 8.79. The number of aromatic nitrogens is 3. The van der Waals surface area contributed by atoms with E-state index in [2.05, 4.69) is 15.4 Å². The molecule has 0 bridgehead atoms. The van der Waals surface area contributed by atoms with Crippen LogP contribution in [0.3, 0.4) is 0 Å². The van der Waals surface area contributed by atoms with E-state index in [9.17, 15) is 4.79 Å². The molecule has 5 nitrogen and oxygen atoms in total. The monoisotopic (exact) mass is 388 g/mol. The molecule has 0 aliphatic heterocycles. The highest BCUT2D eigenvalue weighted by atomic mass is 35.5. The molecule has 1 N–H and O–H groups in total. The van der Waals surface area contributed by atoms with Crippen molar-refractivity contribution in [1.29, 1.82) is 0 Å². The molecule has 2 aromatic heterocycles. The van der Waals surface area contributed by atoms with E-state index in [0.717, 1.165) is 22.0 Å². The Bertz CT molecular complexity index is 1160. The Morgan fingerprint density at radius 3 is 2.79 bits per heavy atom. The molecule has 2 aromatic carbocycles. The summed E-state index contributed by atoms with van der Waals surface area (Å²) in [6, 6.07) is 19.1. The summed E-state index contributed by atoms with van der Waals surface area (Å²) in [5.74, 6) is 0.361. The van der Waals surface area contributed by atoms with Crippen molar-refractivity contribution in [3.05, 3.63) is 95.3 Å². The van der Waals surface area contributed by atoms with Crippen molar-refractivity contribution in [2.24, 2.45) is 0 Å². The third kappa shape index (κ3) is 3.94. The van der Waals surface area contributed by atoms with Gasteiger partial charge in [-0.3, -0.25) is 9.78 Å². The Hall–Kier alpha value is -3.44. The number of nitrogens with one attached hydrogen (secondary N) is 1. The molecule has 0 spiro atoms. The van der Waals surface area contributed by atoms with Gasteiger partial charge >= 0.3 is 0 Å². The van der Waals surface area contributed by atoms with Crippen LogP contribution in [0.4, 0.5) is 5.82 Å². The molecule has 0 saturated heterocycles. The smallest absolute Gasteiger partial charge is 0.249 e. The minimum absolute atomic E-state index is 0.242. The van der Waals surface area contributed by atoms with Crippen LogP contribution in [0.5, 0.6) is 0 Å². The molecule has 2 heterocycles. The molecule has 0 fully saturated rings. The fourth-order valence-corrected chi connectivity index (χ4v) is 3.14. The number of rotatable bonds is 5. The Balaban J connectivity index is 1.50. The lowest BCUT2D eigenvalue weighted by molar-refractivity contribution is -0.111. The van der Waals surface area contributed by atoms with Crippen LogP contribution in [0.25, 0.3) is 17.0 Å². The van der Waals surface area contributed by atoms with E-state index in [0.29, 0.717) is 17.4 Å². The van der Waals surface area contributed by atoms with Gasteiger partial charge in [0, 0.05) is 34.3 Å². The summed E-state index contributed by atoms with van der Waals surface area (Å²) in [6.45, 7) is 0.471. The second kappa shape index (κ2) is 8.06. The third-order valence-corrected chi connectivity index (χ3v) is 4.69. The average molecular weight is 389 g/mol. The largest absolute Gasteiger partial charge is 0.307 e. The number of anilines is 1. The lowest BCUT2D eigenvalue weighted by Gasteiger charge is -2.09. The maximum absolute atomic E-state index is 12.4. The van der Waals surface area contributed by atoms with E-state index >= 15 is 0 Å². The summed E-state index contributed by atoms with van der Waals surface area (Å²) >= 11 is 6.22. The van der Waals surface area contributed by atoms with Gasteiger partial charge in [0.1, 0.15) is 5.82 Å². The lowest BCUT2D eigenvalue weighted by Crippen LogP contribution is -2.14. The molecule has 0 radical (unpaired) electrons. The molecular formula is C22H17ClN4O. The lowest BCUT2D eigenvalue weighted by atomic mass is 10.1. The Morgan fingerprint density at radius 2 is 1.89 bits per heavy atom. The summed E-state index contributed by atoms with van der Waals surface area (Å²) in [5, 5.41) is 8.83. The highest BCUT2D eigenvalue weighted by molar-refractivity contribution is 6.31. The number of hydrogen-bond donors (Lipinski definition) is 1.